The van der Waals surface area contributed by atoms with Crippen molar-refractivity contribution in [3.05, 3.63) is 23.3 Å². The van der Waals surface area contributed by atoms with Gasteiger partial charge in [0, 0.05) is 28.7 Å². The number of carboxylic acids is 1. The number of ether oxygens (including phenoxy) is 1. The summed E-state index contributed by atoms with van der Waals surface area (Å²) in [5, 5.41) is 19.8. The summed E-state index contributed by atoms with van der Waals surface area (Å²) in [4.78, 5) is 22.3. The Morgan fingerprint density at radius 2 is 2.14 bits per heavy atom. The minimum Gasteiger partial charge on any atom is -0.507 e. The number of carbonyl (C=O) groups excluding carboxylic acids is 1. The van der Waals surface area contributed by atoms with Crippen molar-refractivity contribution in [1.29, 1.82) is 0 Å². The molecule has 0 bridgehead atoms. The van der Waals surface area contributed by atoms with Crippen molar-refractivity contribution in [3.8, 4) is 11.5 Å². The van der Waals surface area contributed by atoms with E-state index >= 15 is 0 Å². The first-order valence-electron chi connectivity index (χ1n) is 9.97. The third-order valence-electron chi connectivity index (χ3n) is 4.52. The summed E-state index contributed by atoms with van der Waals surface area (Å²) < 4.78 is 6.32. The summed E-state index contributed by atoms with van der Waals surface area (Å²) >= 11 is 5.71. The lowest BCUT2D eigenvalue weighted by Gasteiger charge is -2.15. The van der Waals surface area contributed by atoms with Crippen LogP contribution >= 0.6 is 35.3 Å². The molecule has 1 aliphatic rings. The molecule has 1 saturated heterocycles. The van der Waals surface area contributed by atoms with Crippen molar-refractivity contribution in [2.45, 2.75) is 55.8 Å². The van der Waals surface area contributed by atoms with Gasteiger partial charge >= 0.3 is 5.97 Å². The maximum Gasteiger partial charge on any atom is 0.303 e. The monoisotopic (exact) mass is 458 g/mol. The Bertz CT molecular complexity index is 695. The van der Waals surface area contributed by atoms with E-state index in [0.717, 1.165) is 42.1 Å². The number of benzene rings is 1. The van der Waals surface area contributed by atoms with E-state index in [9.17, 15) is 14.7 Å². The van der Waals surface area contributed by atoms with Crippen molar-refractivity contribution < 1.29 is 24.5 Å². The lowest BCUT2D eigenvalue weighted by molar-refractivity contribution is -0.137. The van der Waals surface area contributed by atoms with Gasteiger partial charge < -0.3 is 14.9 Å². The Hall–Kier alpha value is -0.990. The van der Waals surface area contributed by atoms with Crippen LogP contribution in [0, 0.1) is 0 Å². The molecule has 1 aromatic carbocycles. The van der Waals surface area contributed by atoms with Gasteiger partial charge in [0.05, 0.1) is 16.8 Å². The molecule has 1 fully saturated rings. The number of carbonyl (C=O) groups is 2. The second kappa shape index (κ2) is 12.6. The number of hydrogen-bond acceptors (Lipinski definition) is 7. The van der Waals surface area contributed by atoms with Gasteiger partial charge in [-0.05, 0) is 44.1 Å². The van der Waals surface area contributed by atoms with Crippen LogP contribution in [0.5, 0.6) is 11.5 Å². The normalized spacial score (nSPS) is 18.7. The maximum atomic E-state index is 11.6. The molecule has 0 aliphatic carbocycles. The highest BCUT2D eigenvalue weighted by Gasteiger charge is 2.26. The Balaban J connectivity index is 1.69. The van der Waals surface area contributed by atoms with E-state index in [0.29, 0.717) is 34.2 Å². The fourth-order valence-corrected chi connectivity index (χ4v) is 7.78. The van der Waals surface area contributed by atoms with Gasteiger partial charge in [0.2, 0.25) is 0 Å². The number of Topliss-reactive ketones (excluding diaryl/α,β-unsaturated/α-hetero) is 1. The van der Waals surface area contributed by atoms with Gasteiger partial charge in [-0.1, -0.05) is 13.3 Å². The molecule has 8 heteroatoms. The number of aromatic hydroxyl groups is 1. The Morgan fingerprint density at radius 3 is 2.83 bits per heavy atom. The van der Waals surface area contributed by atoms with Crippen molar-refractivity contribution in [3.63, 3.8) is 0 Å². The molecule has 0 aromatic heterocycles. The molecule has 2 N–H and O–H groups in total. The van der Waals surface area contributed by atoms with Crippen molar-refractivity contribution in [1.82, 2.24) is 0 Å². The van der Waals surface area contributed by atoms with Crippen molar-refractivity contribution in [2.75, 3.05) is 23.9 Å². The smallest absolute Gasteiger partial charge is 0.303 e. The second-order valence-corrected chi connectivity index (χ2v) is 11.2. The number of ketones is 1. The first-order chi connectivity index (χ1) is 13.9. The minimum absolute atomic E-state index is 0.0550. The van der Waals surface area contributed by atoms with Crippen LogP contribution in [0.2, 0.25) is 0 Å². The molecule has 2 rings (SSSR count). The molecular formula is C21H30O5S3. The predicted molar refractivity (Wildman–Crippen MR) is 124 cm³/mol. The van der Waals surface area contributed by atoms with Gasteiger partial charge in [0.15, 0.2) is 5.78 Å². The van der Waals surface area contributed by atoms with Gasteiger partial charge in [-0.15, -0.1) is 23.5 Å². The van der Waals surface area contributed by atoms with E-state index in [2.05, 4.69) is 0 Å². The number of phenolic OH excluding ortho intramolecular Hbond substituents is 1. The van der Waals surface area contributed by atoms with Crippen LogP contribution in [0.25, 0.3) is 0 Å². The van der Waals surface area contributed by atoms with E-state index in [1.165, 1.54) is 6.92 Å². The molecule has 0 radical (unpaired) electrons. The van der Waals surface area contributed by atoms with Gasteiger partial charge in [0.1, 0.15) is 11.5 Å². The van der Waals surface area contributed by atoms with E-state index in [1.807, 2.05) is 42.2 Å². The van der Waals surface area contributed by atoms with Gasteiger partial charge in [-0.25, -0.2) is 0 Å². The quantitative estimate of drug-likeness (QED) is 0.312. The molecule has 0 spiro atoms. The lowest BCUT2D eigenvalue weighted by atomic mass is 10.0. The molecular weight excluding hydrogens is 428 g/mol. The van der Waals surface area contributed by atoms with Gasteiger partial charge in [0.25, 0.3) is 0 Å². The summed E-state index contributed by atoms with van der Waals surface area (Å²) in [6.07, 6.45) is 3.46. The Labute approximate surface area is 185 Å². The van der Waals surface area contributed by atoms with Gasteiger partial charge in [-0.3, -0.25) is 9.59 Å². The molecule has 5 nitrogen and oxygen atoms in total. The number of carboxylic acid groups (broad SMARTS) is 1. The zero-order valence-corrected chi connectivity index (χ0v) is 19.5. The average Bonchev–Trinajstić information content (AvgIpc) is 3.13. The number of hydrogen-bond donors (Lipinski definition) is 2. The van der Waals surface area contributed by atoms with Gasteiger partial charge in [-0.2, -0.15) is 11.8 Å². The van der Waals surface area contributed by atoms with Crippen LogP contribution in [0.4, 0.5) is 0 Å². The van der Waals surface area contributed by atoms with Crippen LogP contribution in [0.15, 0.2) is 12.1 Å². The number of aliphatic carboxylic acids is 1. The summed E-state index contributed by atoms with van der Waals surface area (Å²) in [5.74, 6) is 3.05. The van der Waals surface area contributed by atoms with Crippen LogP contribution in [-0.2, 0) is 11.2 Å². The first kappa shape index (κ1) is 24.3. The molecule has 162 valence electrons. The standard InChI is InChI=1S/C21H30O5S3/c1-3-5-17-18(7-6-16(14(2)22)21(17)25)26-10-4-11-27-12-15-13-28-20(29-15)9-8-19(23)24/h6-7,15,20,25H,3-5,8-13H2,1-2H3,(H,23,24). The summed E-state index contributed by atoms with van der Waals surface area (Å²) in [7, 11) is 0. The number of phenols is 1. The summed E-state index contributed by atoms with van der Waals surface area (Å²) in [5.41, 5.74) is 1.07. The fourth-order valence-electron chi connectivity index (χ4n) is 3.07. The first-order valence-corrected chi connectivity index (χ1v) is 13.1. The number of rotatable bonds is 13. The molecule has 1 heterocycles. The maximum absolute atomic E-state index is 11.6. The highest BCUT2D eigenvalue weighted by atomic mass is 32.2. The van der Waals surface area contributed by atoms with E-state index in [1.54, 1.807) is 12.1 Å². The molecule has 1 aromatic rings. The third-order valence-corrected chi connectivity index (χ3v) is 9.36. The largest absolute Gasteiger partial charge is 0.507 e. The van der Waals surface area contributed by atoms with Crippen LogP contribution in [0.3, 0.4) is 0 Å². The van der Waals surface area contributed by atoms with Crippen molar-refractivity contribution in [2.24, 2.45) is 0 Å². The summed E-state index contributed by atoms with van der Waals surface area (Å²) in [6.45, 7) is 4.07. The minimum atomic E-state index is -0.713. The molecule has 0 amide bonds. The molecule has 2 unspecified atom stereocenters. The van der Waals surface area contributed by atoms with E-state index < -0.39 is 5.97 Å². The Kier molecular flexibility index (Phi) is 10.6. The van der Waals surface area contributed by atoms with E-state index in [4.69, 9.17) is 9.84 Å². The van der Waals surface area contributed by atoms with Crippen LogP contribution in [-0.4, -0.2) is 55.7 Å². The molecule has 0 saturated carbocycles. The zero-order valence-electron chi connectivity index (χ0n) is 17.0. The second-order valence-electron chi connectivity index (χ2n) is 6.97. The highest BCUT2D eigenvalue weighted by molar-refractivity contribution is 8.20. The Morgan fingerprint density at radius 1 is 1.34 bits per heavy atom. The van der Waals surface area contributed by atoms with Crippen LogP contribution < -0.4 is 4.74 Å². The van der Waals surface area contributed by atoms with E-state index in [-0.39, 0.29) is 18.0 Å². The average molecular weight is 459 g/mol. The summed E-state index contributed by atoms with van der Waals surface area (Å²) in [6, 6.07) is 3.43. The third kappa shape index (κ3) is 7.98. The highest BCUT2D eigenvalue weighted by Crippen LogP contribution is 2.41. The topological polar surface area (TPSA) is 83.8 Å². The number of thioether (sulfide) groups is 3. The SMILES string of the molecule is CCCc1c(OCCCSCC2CSC(CCC(=O)O)S2)ccc(C(C)=O)c1O. The molecule has 2 atom stereocenters. The molecule has 1 aliphatic heterocycles. The lowest BCUT2D eigenvalue weighted by Crippen LogP contribution is -2.07. The fraction of sp³-hybridized carbons (Fsp3) is 0.619. The molecule has 29 heavy (non-hydrogen) atoms. The van der Waals surface area contributed by atoms with Crippen molar-refractivity contribution >= 4 is 47.0 Å². The predicted octanol–water partition coefficient (Wildman–Crippen LogP) is 5.09. The zero-order chi connectivity index (χ0) is 21.2. The van der Waals surface area contributed by atoms with Crippen LogP contribution in [0.1, 0.15) is 55.5 Å².